The van der Waals surface area contributed by atoms with Gasteiger partial charge in [-0.1, -0.05) is 17.7 Å². The van der Waals surface area contributed by atoms with Crippen molar-refractivity contribution < 1.29 is 9.84 Å². The molecule has 1 aliphatic rings. The first-order valence-corrected chi connectivity index (χ1v) is 7.49. The van der Waals surface area contributed by atoms with Crippen LogP contribution in [-0.4, -0.2) is 18.8 Å². The zero-order valence-corrected chi connectivity index (χ0v) is 12.5. The smallest absolute Gasteiger partial charge is 0.160 e. The lowest BCUT2D eigenvalue weighted by molar-refractivity contribution is 0.372. The van der Waals surface area contributed by atoms with Gasteiger partial charge in [-0.15, -0.1) is 0 Å². The Kier molecular flexibility index (Phi) is 5.48. The zero-order chi connectivity index (χ0) is 14.4. The van der Waals surface area contributed by atoms with Gasteiger partial charge in [0.25, 0.3) is 0 Å². The summed E-state index contributed by atoms with van der Waals surface area (Å²) in [6.07, 6.45) is 8.75. The van der Waals surface area contributed by atoms with Crippen molar-refractivity contribution in [1.82, 2.24) is 5.32 Å². The van der Waals surface area contributed by atoms with Gasteiger partial charge in [-0.2, -0.15) is 0 Å². The van der Waals surface area contributed by atoms with Crippen LogP contribution in [0.25, 0.3) is 0 Å². The van der Waals surface area contributed by atoms with E-state index in [4.69, 9.17) is 4.74 Å². The van der Waals surface area contributed by atoms with Crippen molar-refractivity contribution in [1.29, 1.82) is 0 Å². The molecule has 20 heavy (non-hydrogen) atoms. The van der Waals surface area contributed by atoms with Gasteiger partial charge >= 0.3 is 0 Å². The molecule has 1 aliphatic carbocycles. The van der Waals surface area contributed by atoms with E-state index in [0.29, 0.717) is 5.75 Å². The minimum Gasteiger partial charge on any atom is -0.504 e. The number of phenols is 1. The van der Waals surface area contributed by atoms with E-state index in [1.807, 2.05) is 12.1 Å². The number of phenolic OH excluding ortho intramolecular Hbond substituents is 1. The fourth-order valence-electron chi connectivity index (χ4n) is 2.66. The summed E-state index contributed by atoms with van der Waals surface area (Å²) < 4.78 is 5.15. The van der Waals surface area contributed by atoms with Crippen molar-refractivity contribution >= 4 is 0 Å². The van der Waals surface area contributed by atoms with Crippen LogP contribution in [0.2, 0.25) is 0 Å². The summed E-state index contributed by atoms with van der Waals surface area (Å²) in [5.41, 5.74) is 2.73. The van der Waals surface area contributed by atoms with Crippen LogP contribution in [0.3, 0.4) is 0 Å². The average Bonchev–Trinajstić information content (AvgIpc) is 2.48. The number of nitrogens with one attached hydrogen (secondary N) is 1. The number of aromatic hydroxyl groups is 1. The van der Waals surface area contributed by atoms with Gasteiger partial charge in [0.05, 0.1) is 7.11 Å². The molecule has 0 aromatic heterocycles. The molecule has 0 radical (unpaired) electrons. The quantitative estimate of drug-likeness (QED) is 0.773. The molecule has 110 valence electrons. The number of rotatable bonds is 6. The Morgan fingerprint density at radius 3 is 2.90 bits per heavy atom. The Bertz CT molecular complexity index is 468. The summed E-state index contributed by atoms with van der Waals surface area (Å²) in [5, 5.41) is 13.1. The Balaban J connectivity index is 1.85. The van der Waals surface area contributed by atoms with Crippen LogP contribution in [0.5, 0.6) is 11.5 Å². The van der Waals surface area contributed by atoms with E-state index < -0.39 is 0 Å². The van der Waals surface area contributed by atoms with Crippen LogP contribution in [-0.2, 0) is 0 Å². The predicted octanol–water partition coefficient (Wildman–Crippen LogP) is 3.94. The minimum atomic E-state index is 0.191. The highest BCUT2D eigenvalue weighted by Gasteiger charge is 2.09. The molecule has 3 heteroatoms. The fraction of sp³-hybridized carbons (Fsp3) is 0.529. The van der Waals surface area contributed by atoms with Crippen LogP contribution in [0, 0.1) is 0 Å². The SMILES string of the molecule is COc1cc(C(C)NCCC2=CCCCC2)ccc1O. The molecular weight excluding hydrogens is 250 g/mol. The van der Waals surface area contributed by atoms with E-state index in [0.717, 1.165) is 18.5 Å². The van der Waals surface area contributed by atoms with Gasteiger partial charge in [-0.3, -0.25) is 0 Å². The summed E-state index contributed by atoms with van der Waals surface area (Å²) in [4.78, 5) is 0. The lowest BCUT2D eigenvalue weighted by Gasteiger charge is -2.17. The number of benzene rings is 1. The van der Waals surface area contributed by atoms with Crippen molar-refractivity contribution in [2.75, 3.05) is 13.7 Å². The lowest BCUT2D eigenvalue weighted by Crippen LogP contribution is -2.20. The largest absolute Gasteiger partial charge is 0.504 e. The number of methoxy groups -OCH3 is 1. The molecule has 0 spiro atoms. The first-order valence-electron chi connectivity index (χ1n) is 7.49. The Hall–Kier alpha value is -1.48. The highest BCUT2D eigenvalue weighted by molar-refractivity contribution is 5.42. The van der Waals surface area contributed by atoms with E-state index >= 15 is 0 Å². The van der Waals surface area contributed by atoms with E-state index in [2.05, 4.69) is 18.3 Å². The first kappa shape index (κ1) is 14.9. The topological polar surface area (TPSA) is 41.5 Å². The van der Waals surface area contributed by atoms with Gasteiger partial charge in [0.15, 0.2) is 11.5 Å². The fourth-order valence-corrected chi connectivity index (χ4v) is 2.66. The molecule has 0 heterocycles. The number of allylic oxidation sites excluding steroid dienone is 1. The maximum Gasteiger partial charge on any atom is 0.160 e. The van der Waals surface area contributed by atoms with Crippen LogP contribution >= 0.6 is 0 Å². The molecule has 0 saturated heterocycles. The Labute approximate surface area is 121 Å². The van der Waals surface area contributed by atoms with E-state index in [9.17, 15) is 5.11 Å². The predicted molar refractivity (Wildman–Crippen MR) is 82.2 cm³/mol. The summed E-state index contributed by atoms with van der Waals surface area (Å²) in [6, 6.07) is 5.78. The number of hydrogen-bond acceptors (Lipinski definition) is 3. The van der Waals surface area contributed by atoms with Crippen LogP contribution < -0.4 is 10.1 Å². The zero-order valence-electron chi connectivity index (χ0n) is 12.5. The molecule has 0 amide bonds. The van der Waals surface area contributed by atoms with E-state index in [1.165, 1.54) is 25.7 Å². The second kappa shape index (κ2) is 7.34. The summed E-state index contributed by atoms with van der Waals surface area (Å²) >= 11 is 0. The first-order chi connectivity index (χ1) is 9.70. The second-order valence-electron chi connectivity index (χ2n) is 5.47. The van der Waals surface area contributed by atoms with Gasteiger partial charge in [0.2, 0.25) is 0 Å². The number of hydrogen-bond donors (Lipinski definition) is 2. The van der Waals surface area contributed by atoms with E-state index in [-0.39, 0.29) is 11.8 Å². The molecule has 1 atom stereocenters. The molecule has 0 aliphatic heterocycles. The lowest BCUT2D eigenvalue weighted by atomic mass is 9.97. The van der Waals surface area contributed by atoms with Crippen molar-refractivity contribution in [3.8, 4) is 11.5 Å². The maximum absolute atomic E-state index is 9.61. The summed E-state index contributed by atoms with van der Waals surface area (Å²) in [6.45, 7) is 3.14. The summed E-state index contributed by atoms with van der Waals surface area (Å²) in [7, 11) is 1.58. The van der Waals surface area contributed by atoms with Crippen LogP contribution in [0.1, 0.15) is 50.6 Å². The van der Waals surface area contributed by atoms with Gasteiger partial charge < -0.3 is 15.2 Å². The Morgan fingerprint density at radius 1 is 1.35 bits per heavy atom. The standard InChI is InChI=1S/C17H25NO2/c1-13(15-8-9-16(19)17(12-15)20-2)18-11-10-14-6-4-3-5-7-14/h6,8-9,12-13,18-19H,3-5,7,10-11H2,1-2H3. The van der Waals surface area contributed by atoms with Crippen molar-refractivity contribution in [2.45, 2.75) is 45.1 Å². The molecule has 2 N–H and O–H groups in total. The van der Waals surface area contributed by atoms with Gasteiger partial charge in [-0.25, -0.2) is 0 Å². The minimum absolute atomic E-state index is 0.191. The van der Waals surface area contributed by atoms with Gasteiger partial charge in [0.1, 0.15) is 0 Å². The molecule has 0 fully saturated rings. The van der Waals surface area contributed by atoms with Gasteiger partial charge in [0, 0.05) is 6.04 Å². The van der Waals surface area contributed by atoms with Crippen molar-refractivity contribution in [3.63, 3.8) is 0 Å². The molecule has 2 rings (SSSR count). The molecule has 1 aromatic carbocycles. The summed E-state index contributed by atoms with van der Waals surface area (Å²) in [5.74, 6) is 0.724. The van der Waals surface area contributed by atoms with Gasteiger partial charge in [-0.05, 0) is 63.3 Å². The third-order valence-corrected chi connectivity index (χ3v) is 3.99. The molecular formula is C17H25NO2. The third-order valence-electron chi connectivity index (χ3n) is 3.99. The molecule has 0 saturated carbocycles. The molecule has 0 bridgehead atoms. The van der Waals surface area contributed by atoms with E-state index in [1.54, 1.807) is 18.7 Å². The Morgan fingerprint density at radius 2 is 2.20 bits per heavy atom. The van der Waals surface area contributed by atoms with Crippen molar-refractivity contribution in [3.05, 3.63) is 35.4 Å². The third kappa shape index (κ3) is 4.01. The maximum atomic E-state index is 9.61. The van der Waals surface area contributed by atoms with Crippen molar-refractivity contribution in [2.24, 2.45) is 0 Å². The molecule has 3 nitrogen and oxygen atoms in total. The second-order valence-corrected chi connectivity index (χ2v) is 5.47. The molecule has 1 unspecified atom stereocenters. The highest BCUT2D eigenvalue weighted by Crippen LogP contribution is 2.29. The highest BCUT2D eigenvalue weighted by atomic mass is 16.5. The van der Waals surface area contributed by atoms with Crippen LogP contribution in [0.15, 0.2) is 29.8 Å². The molecule has 1 aromatic rings. The number of ether oxygens (including phenoxy) is 1. The average molecular weight is 275 g/mol. The normalized spacial score (nSPS) is 16.6. The monoisotopic (exact) mass is 275 g/mol. The van der Waals surface area contributed by atoms with Crippen LogP contribution in [0.4, 0.5) is 0 Å².